The van der Waals surface area contributed by atoms with Gasteiger partial charge in [0.1, 0.15) is 0 Å². The van der Waals surface area contributed by atoms with Crippen molar-refractivity contribution in [1.82, 2.24) is 14.6 Å². The molecule has 0 spiro atoms. The van der Waals surface area contributed by atoms with Gasteiger partial charge >= 0.3 is 0 Å². The van der Waals surface area contributed by atoms with Crippen molar-refractivity contribution in [3.05, 3.63) is 52.9 Å². The second kappa shape index (κ2) is 4.07. The summed E-state index contributed by atoms with van der Waals surface area (Å²) in [5.74, 6) is 0. The molecule has 0 N–H and O–H groups in total. The van der Waals surface area contributed by atoms with E-state index in [4.69, 9.17) is 11.6 Å². The van der Waals surface area contributed by atoms with Crippen LogP contribution in [0.4, 0.5) is 0 Å². The predicted octanol–water partition coefficient (Wildman–Crippen LogP) is 3.54. The lowest BCUT2D eigenvalue weighted by Crippen LogP contribution is -1.99. The van der Waals surface area contributed by atoms with Crippen molar-refractivity contribution in [3.8, 4) is 11.1 Å². The minimum Gasteiger partial charge on any atom is -0.236 e. The third kappa shape index (κ3) is 1.65. The fraction of sp³-hybridized carbons (Fsp3) is 0.200. The van der Waals surface area contributed by atoms with Gasteiger partial charge in [0.25, 0.3) is 0 Å². The zero-order chi connectivity index (χ0) is 12.8. The number of hydrogen-bond donors (Lipinski definition) is 0. The van der Waals surface area contributed by atoms with Crippen molar-refractivity contribution in [3.63, 3.8) is 0 Å². The van der Waals surface area contributed by atoms with Crippen LogP contribution >= 0.6 is 11.6 Å². The van der Waals surface area contributed by atoms with Crippen molar-refractivity contribution >= 4 is 17.2 Å². The van der Waals surface area contributed by atoms with Crippen molar-refractivity contribution in [2.75, 3.05) is 0 Å². The summed E-state index contributed by atoms with van der Waals surface area (Å²) in [5.41, 5.74) is 5.65. The first-order valence-corrected chi connectivity index (χ1v) is 6.81. The Labute approximate surface area is 115 Å². The van der Waals surface area contributed by atoms with Gasteiger partial charge in [-0.2, -0.15) is 5.10 Å². The van der Waals surface area contributed by atoms with E-state index in [0.717, 1.165) is 34.6 Å². The molecule has 2 heterocycles. The summed E-state index contributed by atoms with van der Waals surface area (Å²) in [7, 11) is 0. The van der Waals surface area contributed by atoms with Gasteiger partial charge in [-0.3, -0.25) is 0 Å². The molecule has 1 aliphatic rings. The summed E-state index contributed by atoms with van der Waals surface area (Å²) in [6, 6.07) is 7.82. The molecule has 0 amide bonds. The molecule has 1 aliphatic carbocycles. The van der Waals surface area contributed by atoms with Gasteiger partial charge in [0.05, 0.1) is 6.20 Å². The molecule has 0 fully saturated rings. The van der Waals surface area contributed by atoms with Crippen LogP contribution in [0, 0.1) is 0 Å². The first kappa shape index (κ1) is 11.0. The number of hydrogen-bond acceptors (Lipinski definition) is 2. The molecule has 3 aromatic rings. The maximum Gasteiger partial charge on any atom is 0.163 e. The first-order chi connectivity index (χ1) is 9.33. The number of fused-ring (bicyclic) bond motifs is 3. The first-order valence-electron chi connectivity index (χ1n) is 6.43. The van der Waals surface area contributed by atoms with E-state index in [0.29, 0.717) is 0 Å². The molecule has 0 aliphatic heterocycles. The van der Waals surface area contributed by atoms with Gasteiger partial charge in [0.2, 0.25) is 0 Å². The van der Waals surface area contributed by atoms with Crippen LogP contribution in [0.15, 0.2) is 36.7 Å². The summed E-state index contributed by atoms with van der Waals surface area (Å²) in [6.07, 6.45) is 7.28. The predicted molar refractivity (Wildman–Crippen MR) is 75.5 cm³/mol. The Hall–Kier alpha value is -1.87. The molecule has 1 aromatic carbocycles. The maximum absolute atomic E-state index is 6.06. The van der Waals surface area contributed by atoms with Gasteiger partial charge in [-0.1, -0.05) is 23.7 Å². The lowest BCUT2D eigenvalue weighted by molar-refractivity contribution is 0.837. The molecule has 2 aromatic heterocycles. The van der Waals surface area contributed by atoms with E-state index in [9.17, 15) is 0 Å². The third-order valence-electron chi connectivity index (χ3n) is 3.71. The van der Waals surface area contributed by atoms with Crippen LogP contribution in [0.25, 0.3) is 16.8 Å². The number of aromatic nitrogens is 3. The molecular formula is C15H12ClN3. The van der Waals surface area contributed by atoms with Crippen LogP contribution in [0.5, 0.6) is 0 Å². The zero-order valence-electron chi connectivity index (χ0n) is 10.3. The van der Waals surface area contributed by atoms with Crippen LogP contribution in [0.1, 0.15) is 17.7 Å². The fourth-order valence-electron chi connectivity index (χ4n) is 2.79. The average molecular weight is 270 g/mol. The molecule has 0 unspecified atom stereocenters. The fourth-order valence-corrected chi connectivity index (χ4v) is 2.98. The molecular weight excluding hydrogens is 258 g/mol. The minimum absolute atomic E-state index is 0.734. The van der Waals surface area contributed by atoms with Crippen LogP contribution in [-0.4, -0.2) is 14.6 Å². The van der Waals surface area contributed by atoms with E-state index < -0.39 is 0 Å². The average Bonchev–Trinajstić information content (AvgIpc) is 3.04. The van der Waals surface area contributed by atoms with Crippen molar-refractivity contribution in [1.29, 1.82) is 0 Å². The molecule has 3 nitrogen and oxygen atoms in total. The standard InChI is InChI=1S/C15H12ClN3/c16-12-5-1-3-10(7-12)13-9-18-19-14-6-2-4-11(14)8-17-15(13)19/h1,3,5,7-9H,2,4,6H2. The highest BCUT2D eigenvalue weighted by Gasteiger charge is 2.18. The lowest BCUT2D eigenvalue weighted by Gasteiger charge is -2.03. The van der Waals surface area contributed by atoms with Crippen LogP contribution in [0.2, 0.25) is 5.02 Å². The summed E-state index contributed by atoms with van der Waals surface area (Å²) >= 11 is 6.06. The lowest BCUT2D eigenvalue weighted by atomic mass is 10.1. The smallest absolute Gasteiger partial charge is 0.163 e. The van der Waals surface area contributed by atoms with Gasteiger partial charge in [0.15, 0.2) is 5.65 Å². The third-order valence-corrected chi connectivity index (χ3v) is 3.94. The highest BCUT2D eigenvalue weighted by atomic mass is 35.5. The second-order valence-electron chi connectivity index (χ2n) is 4.89. The topological polar surface area (TPSA) is 30.2 Å². The Kier molecular flexibility index (Phi) is 2.35. The van der Waals surface area contributed by atoms with E-state index in [1.54, 1.807) is 0 Å². The van der Waals surface area contributed by atoms with Crippen molar-refractivity contribution < 1.29 is 0 Å². The van der Waals surface area contributed by atoms with Crippen LogP contribution in [0.3, 0.4) is 0 Å². The molecule has 94 valence electrons. The Morgan fingerprint density at radius 3 is 3.00 bits per heavy atom. The number of nitrogens with zero attached hydrogens (tertiary/aromatic N) is 3. The van der Waals surface area contributed by atoms with E-state index in [-0.39, 0.29) is 0 Å². The van der Waals surface area contributed by atoms with E-state index in [1.165, 1.54) is 17.7 Å². The monoisotopic (exact) mass is 269 g/mol. The van der Waals surface area contributed by atoms with Crippen LogP contribution in [-0.2, 0) is 12.8 Å². The van der Waals surface area contributed by atoms with E-state index >= 15 is 0 Å². The second-order valence-corrected chi connectivity index (χ2v) is 5.32. The van der Waals surface area contributed by atoms with Crippen molar-refractivity contribution in [2.45, 2.75) is 19.3 Å². The number of aryl methyl sites for hydroxylation is 2. The zero-order valence-corrected chi connectivity index (χ0v) is 11.1. The van der Waals surface area contributed by atoms with Gasteiger partial charge in [-0.25, -0.2) is 9.50 Å². The van der Waals surface area contributed by atoms with E-state index in [1.807, 2.05) is 41.2 Å². The molecule has 0 radical (unpaired) electrons. The van der Waals surface area contributed by atoms with E-state index in [2.05, 4.69) is 10.1 Å². The van der Waals surface area contributed by atoms with Crippen molar-refractivity contribution in [2.24, 2.45) is 0 Å². The molecule has 0 bridgehead atoms. The number of rotatable bonds is 1. The highest BCUT2D eigenvalue weighted by Crippen LogP contribution is 2.29. The summed E-state index contributed by atoms with van der Waals surface area (Å²) < 4.78 is 1.98. The summed E-state index contributed by atoms with van der Waals surface area (Å²) in [4.78, 5) is 4.58. The summed E-state index contributed by atoms with van der Waals surface area (Å²) in [5, 5.41) is 5.24. The highest BCUT2D eigenvalue weighted by molar-refractivity contribution is 6.30. The number of halogens is 1. The number of benzene rings is 1. The Morgan fingerprint density at radius 2 is 2.11 bits per heavy atom. The normalized spacial score (nSPS) is 13.9. The quantitative estimate of drug-likeness (QED) is 0.676. The summed E-state index contributed by atoms with van der Waals surface area (Å²) in [6.45, 7) is 0. The molecule has 0 atom stereocenters. The molecule has 4 heteroatoms. The largest absolute Gasteiger partial charge is 0.236 e. The van der Waals surface area contributed by atoms with Gasteiger partial charge in [-0.05, 0) is 42.5 Å². The molecule has 4 rings (SSSR count). The Morgan fingerprint density at radius 1 is 1.16 bits per heavy atom. The van der Waals surface area contributed by atoms with Gasteiger partial charge in [-0.15, -0.1) is 0 Å². The molecule has 0 saturated heterocycles. The van der Waals surface area contributed by atoms with Crippen LogP contribution < -0.4 is 0 Å². The maximum atomic E-state index is 6.06. The Bertz CT molecular complexity index is 776. The Balaban J connectivity index is 1.97. The SMILES string of the molecule is Clc1cccc(-c2cnn3c4c(cnc23)CCC4)c1. The van der Waals surface area contributed by atoms with Gasteiger partial charge < -0.3 is 0 Å². The molecule has 19 heavy (non-hydrogen) atoms. The van der Waals surface area contributed by atoms with Gasteiger partial charge in [0, 0.05) is 22.5 Å². The minimum atomic E-state index is 0.734. The molecule has 0 saturated carbocycles.